The lowest BCUT2D eigenvalue weighted by molar-refractivity contribution is 0.269. The van der Waals surface area contributed by atoms with Gasteiger partial charge in [-0.2, -0.15) is 5.10 Å². The lowest BCUT2D eigenvalue weighted by Gasteiger charge is -2.48. The largest absolute Gasteiger partial charge is 0.398 e. The molecule has 0 bridgehead atoms. The van der Waals surface area contributed by atoms with Crippen LogP contribution in [0.5, 0.6) is 0 Å². The van der Waals surface area contributed by atoms with E-state index < -0.39 is 5.54 Å². The smallest absolute Gasteiger partial charge is 0.151 e. The molecule has 5 rings (SSSR count). The summed E-state index contributed by atoms with van der Waals surface area (Å²) in [6.07, 6.45) is 8.23. The van der Waals surface area contributed by atoms with Crippen LogP contribution in [0, 0.1) is 5.41 Å². The molecule has 1 aliphatic heterocycles. The number of aromatic nitrogens is 5. The van der Waals surface area contributed by atoms with Crippen LogP contribution in [0.4, 0.5) is 11.5 Å². The number of nitrogen functional groups attached to an aromatic ring is 1. The highest BCUT2D eigenvalue weighted by molar-refractivity contribution is 6.35. The second-order valence-corrected chi connectivity index (χ2v) is 11.2. The number of anilines is 2. The molecule has 0 saturated carbocycles. The summed E-state index contributed by atoms with van der Waals surface area (Å²) in [6.45, 7) is 3.81. The number of pyridine rings is 1. The Morgan fingerprint density at radius 3 is 2.52 bits per heavy atom. The second kappa shape index (κ2) is 11.5. The van der Waals surface area contributed by atoms with Gasteiger partial charge in [-0.25, -0.2) is 0 Å². The van der Waals surface area contributed by atoms with E-state index in [9.17, 15) is 0 Å². The third-order valence-electron chi connectivity index (χ3n) is 7.13. The van der Waals surface area contributed by atoms with Crippen LogP contribution < -0.4 is 16.4 Å². The number of nitrogens with zero attached hydrogens (tertiary/aromatic N) is 6. The van der Waals surface area contributed by atoms with Gasteiger partial charge in [0.25, 0.3) is 0 Å². The first-order valence-corrected chi connectivity index (χ1v) is 13.7. The van der Waals surface area contributed by atoms with Gasteiger partial charge < -0.3 is 21.5 Å². The van der Waals surface area contributed by atoms with Crippen molar-refractivity contribution in [3.63, 3.8) is 0 Å². The van der Waals surface area contributed by atoms with Gasteiger partial charge in [-0.15, -0.1) is 10.2 Å². The van der Waals surface area contributed by atoms with Crippen molar-refractivity contribution in [2.75, 3.05) is 30.3 Å². The first-order valence-electron chi connectivity index (χ1n) is 12.9. The summed E-state index contributed by atoms with van der Waals surface area (Å²) in [5.41, 5.74) is 17.0. The van der Waals surface area contributed by atoms with Crippen LogP contribution >= 0.6 is 23.2 Å². The molecule has 1 aliphatic rings. The highest BCUT2D eigenvalue weighted by Gasteiger charge is 2.40. The van der Waals surface area contributed by atoms with Gasteiger partial charge in [0.15, 0.2) is 5.82 Å². The van der Waals surface area contributed by atoms with Crippen molar-refractivity contribution in [3.05, 3.63) is 93.1 Å². The first kappa shape index (κ1) is 28.0. The number of benzene rings is 1. The Labute approximate surface area is 242 Å². The van der Waals surface area contributed by atoms with Crippen LogP contribution in [0.3, 0.4) is 0 Å². The van der Waals surface area contributed by atoms with Crippen LogP contribution in [0.2, 0.25) is 10.0 Å². The minimum Gasteiger partial charge on any atom is -0.398 e. The monoisotopic (exact) mass is 579 g/mol. The fourth-order valence-electron chi connectivity index (χ4n) is 5.18. The molecule has 0 spiro atoms. The molecule has 0 amide bonds. The molecule has 1 fully saturated rings. The number of nitrogens with two attached hydrogens (primary N) is 2. The fraction of sp³-hybridized carbons (Fsp3) is 0.321. The highest BCUT2D eigenvalue weighted by atomic mass is 35.5. The van der Waals surface area contributed by atoms with Crippen LogP contribution in [-0.2, 0) is 19.4 Å². The van der Waals surface area contributed by atoms with E-state index >= 15 is 0 Å². The topological polar surface area (TPSA) is 156 Å². The number of aliphatic hydroxyl groups excluding tert-OH is 1. The Balaban J connectivity index is 1.23. The number of rotatable bonds is 10. The molecule has 0 unspecified atom stereocenters. The van der Waals surface area contributed by atoms with Crippen molar-refractivity contribution in [1.29, 1.82) is 5.41 Å². The van der Waals surface area contributed by atoms with Crippen LogP contribution in [0.15, 0.2) is 55.1 Å². The van der Waals surface area contributed by atoms with Crippen LogP contribution in [0.25, 0.3) is 0 Å². The van der Waals surface area contributed by atoms with E-state index in [4.69, 9.17) is 45.2 Å². The van der Waals surface area contributed by atoms with Crippen molar-refractivity contribution < 1.29 is 5.11 Å². The number of hydrogen-bond acceptors (Lipinski definition) is 9. The standard InChI is InChI=1S/C28H31Cl2N9O/c1-17(26-21(29)12-34-13-22(26)30)8-18-2-3-23(31)20(9-18)27(32)24-4-5-25(37-36-24)38-15-28(33,16-38)10-19-11-35-39(14-19)6-7-40/h2-5,9,11-14,17,32,40H,6-8,10,15-16,31,33H2,1H3/t17-/m0/s1. The third-order valence-corrected chi connectivity index (χ3v) is 7.73. The van der Waals surface area contributed by atoms with Gasteiger partial charge in [0.2, 0.25) is 0 Å². The fourth-order valence-corrected chi connectivity index (χ4v) is 5.91. The van der Waals surface area contributed by atoms with E-state index in [1.807, 2.05) is 24.4 Å². The second-order valence-electron chi connectivity index (χ2n) is 10.4. The Hall–Kier alpha value is -3.57. The minimum absolute atomic E-state index is 0.0376. The molecule has 12 heteroatoms. The zero-order valence-corrected chi connectivity index (χ0v) is 23.6. The van der Waals surface area contributed by atoms with E-state index in [0.29, 0.717) is 65.3 Å². The molecule has 10 nitrogen and oxygen atoms in total. The first-order chi connectivity index (χ1) is 19.2. The summed E-state index contributed by atoms with van der Waals surface area (Å²) >= 11 is 12.7. The molecule has 1 aromatic carbocycles. The summed E-state index contributed by atoms with van der Waals surface area (Å²) in [7, 11) is 0. The maximum Gasteiger partial charge on any atom is 0.151 e. The zero-order valence-electron chi connectivity index (χ0n) is 22.1. The summed E-state index contributed by atoms with van der Waals surface area (Å²) in [6, 6.07) is 9.29. The van der Waals surface area contributed by atoms with Crippen molar-refractivity contribution in [3.8, 4) is 0 Å². The molecular weight excluding hydrogens is 549 g/mol. The maximum atomic E-state index is 9.08. The van der Waals surface area contributed by atoms with Crippen molar-refractivity contribution in [2.45, 2.75) is 37.8 Å². The molecule has 4 aromatic rings. The van der Waals surface area contributed by atoms with Gasteiger partial charge >= 0.3 is 0 Å². The lowest BCUT2D eigenvalue weighted by atomic mass is 9.85. The Bertz CT molecular complexity index is 1500. The SMILES string of the molecule is C[C@@H](Cc1ccc(N)c(C(=N)c2ccc(N3CC(N)(Cc4cnn(CCO)c4)C3)nn2)c1)c1c(Cl)cncc1Cl. The maximum absolute atomic E-state index is 9.08. The summed E-state index contributed by atoms with van der Waals surface area (Å²) in [4.78, 5) is 6.09. The van der Waals surface area contributed by atoms with Gasteiger partial charge in [-0.05, 0) is 59.7 Å². The molecule has 40 heavy (non-hydrogen) atoms. The molecule has 4 heterocycles. The van der Waals surface area contributed by atoms with E-state index in [-0.39, 0.29) is 18.2 Å². The molecule has 0 aliphatic carbocycles. The highest BCUT2D eigenvalue weighted by Crippen LogP contribution is 2.33. The Kier molecular flexibility index (Phi) is 8.04. The summed E-state index contributed by atoms with van der Waals surface area (Å²) in [5.74, 6) is 0.742. The van der Waals surface area contributed by atoms with E-state index in [2.05, 4.69) is 32.1 Å². The van der Waals surface area contributed by atoms with Gasteiger partial charge in [0, 0.05) is 42.9 Å². The van der Waals surface area contributed by atoms with Gasteiger partial charge in [-0.1, -0.05) is 36.2 Å². The quantitative estimate of drug-likeness (QED) is 0.164. The Morgan fingerprint density at radius 1 is 1.10 bits per heavy atom. The predicted molar refractivity (Wildman–Crippen MR) is 157 cm³/mol. The number of hydrogen-bond donors (Lipinski definition) is 4. The number of nitrogens with one attached hydrogen (secondary N) is 1. The van der Waals surface area contributed by atoms with Gasteiger partial charge in [-0.3, -0.25) is 15.1 Å². The van der Waals surface area contributed by atoms with Crippen molar-refractivity contribution in [2.24, 2.45) is 5.73 Å². The average molecular weight is 581 g/mol. The number of halogens is 2. The zero-order chi connectivity index (χ0) is 28.4. The van der Waals surface area contributed by atoms with E-state index in [0.717, 1.165) is 16.7 Å². The molecule has 0 radical (unpaired) electrons. The summed E-state index contributed by atoms with van der Waals surface area (Å²) < 4.78 is 1.71. The van der Waals surface area contributed by atoms with Crippen molar-refractivity contribution >= 4 is 40.4 Å². The molecule has 3 aromatic heterocycles. The van der Waals surface area contributed by atoms with Crippen LogP contribution in [0.1, 0.15) is 40.8 Å². The average Bonchev–Trinajstić information content (AvgIpc) is 3.34. The normalized spacial score (nSPS) is 15.1. The van der Waals surface area contributed by atoms with Gasteiger partial charge in [0.05, 0.1) is 40.6 Å². The van der Waals surface area contributed by atoms with Crippen LogP contribution in [-0.4, -0.2) is 61.0 Å². The molecule has 1 saturated heterocycles. The lowest BCUT2D eigenvalue weighted by Crippen LogP contribution is -2.68. The van der Waals surface area contributed by atoms with E-state index in [1.54, 1.807) is 35.4 Å². The minimum atomic E-state index is -0.392. The molecular formula is C28H31Cl2N9O. The number of aliphatic hydroxyl groups is 1. The molecule has 208 valence electrons. The summed E-state index contributed by atoms with van der Waals surface area (Å²) in [5, 5.41) is 31.9. The van der Waals surface area contributed by atoms with Gasteiger partial charge in [0.1, 0.15) is 5.69 Å². The van der Waals surface area contributed by atoms with E-state index in [1.165, 1.54) is 0 Å². The van der Waals surface area contributed by atoms with Crippen molar-refractivity contribution in [1.82, 2.24) is 25.0 Å². The molecule has 1 atom stereocenters. The predicted octanol–water partition coefficient (Wildman–Crippen LogP) is 3.47. The molecule has 6 N–H and O–H groups in total. The third kappa shape index (κ3) is 5.95. The Morgan fingerprint density at radius 2 is 1.85 bits per heavy atom.